The third-order valence-corrected chi connectivity index (χ3v) is 5.21. The number of anilines is 1. The Morgan fingerprint density at radius 2 is 2.11 bits per heavy atom. The van der Waals surface area contributed by atoms with Crippen molar-refractivity contribution in [3.05, 3.63) is 29.5 Å². The summed E-state index contributed by atoms with van der Waals surface area (Å²) in [7, 11) is 0. The quantitative estimate of drug-likeness (QED) is 0.817. The summed E-state index contributed by atoms with van der Waals surface area (Å²) in [6, 6.07) is 1.55. The van der Waals surface area contributed by atoms with Gasteiger partial charge in [-0.2, -0.15) is 13.2 Å². The number of rotatable bonds is 4. The zero-order valence-corrected chi connectivity index (χ0v) is 15.1. The van der Waals surface area contributed by atoms with Gasteiger partial charge in [0.1, 0.15) is 6.26 Å². The van der Waals surface area contributed by atoms with Gasteiger partial charge in [0.25, 0.3) is 0 Å². The van der Waals surface area contributed by atoms with Crippen LogP contribution in [0.15, 0.2) is 16.9 Å². The van der Waals surface area contributed by atoms with Gasteiger partial charge in [0.05, 0.1) is 17.9 Å². The highest BCUT2D eigenvalue weighted by Crippen LogP contribution is 2.36. The number of carbonyl (C=O) groups excluding carboxylic acids is 1. The average molecular weight is 398 g/mol. The summed E-state index contributed by atoms with van der Waals surface area (Å²) in [4.78, 5) is 18.0. The predicted molar refractivity (Wildman–Crippen MR) is 92.5 cm³/mol. The molecule has 11 heteroatoms. The van der Waals surface area contributed by atoms with Crippen LogP contribution in [0.5, 0.6) is 0 Å². The van der Waals surface area contributed by atoms with Gasteiger partial charge in [0, 0.05) is 31.6 Å². The monoisotopic (exact) mass is 398 g/mol. The molecule has 1 saturated heterocycles. The number of hydrogen-bond donors (Lipinski definition) is 2. The van der Waals surface area contributed by atoms with E-state index in [-0.39, 0.29) is 24.9 Å². The van der Waals surface area contributed by atoms with E-state index in [0.29, 0.717) is 56.2 Å². The number of aromatic nitrogens is 3. The first-order valence-corrected chi connectivity index (χ1v) is 9.21. The summed E-state index contributed by atoms with van der Waals surface area (Å²) in [6.45, 7) is 2.63. The number of piperidine rings is 1. The highest BCUT2D eigenvalue weighted by molar-refractivity contribution is 5.91. The van der Waals surface area contributed by atoms with E-state index in [2.05, 4.69) is 25.3 Å². The Bertz CT molecular complexity index is 825. The van der Waals surface area contributed by atoms with Gasteiger partial charge < -0.3 is 19.7 Å². The molecule has 2 aromatic rings. The number of amides is 1. The minimum Gasteiger partial charge on any atom is -0.363 e. The molecule has 0 unspecified atom stereocenters. The van der Waals surface area contributed by atoms with Crippen LogP contribution in [0.3, 0.4) is 0 Å². The second-order valence-corrected chi connectivity index (χ2v) is 7.08. The first-order chi connectivity index (χ1) is 13.4. The van der Waals surface area contributed by atoms with Crippen LogP contribution in [0.1, 0.15) is 36.0 Å². The lowest BCUT2D eigenvalue weighted by molar-refractivity contribution is -0.147. The molecule has 0 aliphatic carbocycles. The second-order valence-electron chi connectivity index (χ2n) is 7.08. The van der Waals surface area contributed by atoms with Gasteiger partial charge in [0.2, 0.25) is 11.7 Å². The smallest absolute Gasteiger partial charge is 0.363 e. The van der Waals surface area contributed by atoms with Crippen LogP contribution in [0.2, 0.25) is 0 Å². The summed E-state index contributed by atoms with van der Waals surface area (Å²) in [5, 5.41) is 9.40. The maximum atomic E-state index is 13.3. The van der Waals surface area contributed by atoms with Crippen LogP contribution >= 0.6 is 0 Å². The van der Waals surface area contributed by atoms with Crippen molar-refractivity contribution in [3.63, 3.8) is 0 Å². The van der Waals surface area contributed by atoms with Crippen molar-refractivity contribution in [2.45, 2.75) is 38.0 Å². The topological polar surface area (TPSA) is 88.2 Å². The summed E-state index contributed by atoms with van der Waals surface area (Å²) in [6.07, 6.45) is -1.75. The number of halogens is 3. The minimum absolute atomic E-state index is 0.0351. The Morgan fingerprint density at radius 3 is 2.79 bits per heavy atom. The van der Waals surface area contributed by atoms with Crippen LogP contribution in [0, 0.1) is 0 Å². The van der Waals surface area contributed by atoms with Gasteiger partial charge in [-0.1, -0.05) is 5.16 Å². The number of nitrogens with one attached hydrogen (secondary N) is 2. The van der Waals surface area contributed by atoms with Crippen LogP contribution in [-0.2, 0) is 24.1 Å². The number of fused-ring (bicyclic) bond motifs is 1. The number of nitrogens with zero attached hydrogens (tertiary/aromatic N) is 4. The number of hydrogen-bond acceptors (Lipinski definition) is 6. The second kappa shape index (κ2) is 7.55. The van der Waals surface area contributed by atoms with Gasteiger partial charge in [-0.3, -0.25) is 9.69 Å². The van der Waals surface area contributed by atoms with E-state index in [1.807, 2.05) is 4.90 Å². The third kappa shape index (κ3) is 3.90. The summed E-state index contributed by atoms with van der Waals surface area (Å²) >= 11 is 0. The van der Waals surface area contributed by atoms with Crippen molar-refractivity contribution in [1.82, 2.24) is 24.9 Å². The lowest BCUT2D eigenvalue weighted by atomic mass is 9.92. The van der Waals surface area contributed by atoms with E-state index in [0.717, 1.165) is 0 Å². The van der Waals surface area contributed by atoms with Gasteiger partial charge >= 0.3 is 6.18 Å². The van der Waals surface area contributed by atoms with Crippen molar-refractivity contribution in [2.75, 3.05) is 31.5 Å². The van der Waals surface area contributed by atoms with Crippen LogP contribution in [0.25, 0.3) is 0 Å². The molecule has 0 spiro atoms. The molecule has 0 aromatic carbocycles. The highest BCUT2D eigenvalue weighted by atomic mass is 19.4. The zero-order chi connectivity index (χ0) is 19.7. The van der Waals surface area contributed by atoms with Crippen LogP contribution in [-0.4, -0.2) is 51.7 Å². The molecule has 152 valence electrons. The molecule has 2 aliphatic rings. The van der Waals surface area contributed by atoms with Crippen LogP contribution in [0.4, 0.5) is 19.0 Å². The Morgan fingerprint density at radius 1 is 1.32 bits per heavy atom. The van der Waals surface area contributed by atoms with E-state index in [4.69, 9.17) is 0 Å². The molecule has 0 bridgehead atoms. The molecule has 2 aromatic heterocycles. The first-order valence-electron chi connectivity index (χ1n) is 9.21. The zero-order valence-electron chi connectivity index (χ0n) is 15.1. The molecule has 28 heavy (non-hydrogen) atoms. The molecule has 0 radical (unpaired) electrons. The lowest BCUT2D eigenvalue weighted by Gasteiger charge is -2.31. The number of imidazole rings is 1. The fourth-order valence-corrected chi connectivity index (χ4v) is 3.90. The van der Waals surface area contributed by atoms with Gasteiger partial charge in [-0.05, 0) is 25.9 Å². The molecule has 0 atom stereocenters. The Hall–Kier alpha value is -2.40. The Labute approximate surface area is 159 Å². The molecule has 1 fully saturated rings. The van der Waals surface area contributed by atoms with E-state index in [1.54, 1.807) is 6.07 Å². The average Bonchev–Trinajstić information content (AvgIpc) is 3.29. The highest BCUT2D eigenvalue weighted by Gasteiger charge is 2.40. The van der Waals surface area contributed by atoms with Crippen molar-refractivity contribution in [2.24, 2.45) is 0 Å². The predicted octanol–water partition coefficient (Wildman–Crippen LogP) is 1.81. The maximum absolute atomic E-state index is 13.3. The normalized spacial score (nSPS) is 18.8. The molecule has 1 amide bonds. The minimum atomic E-state index is -4.45. The van der Waals surface area contributed by atoms with E-state index in [1.165, 1.54) is 10.8 Å². The summed E-state index contributed by atoms with van der Waals surface area (Å²) in [5.41, 5.74) is 1.19. The lowest BCUT2D eigenvalue weighted by Crippen LogP contribution is -2.39. The van der Waals surface area contributed by atoms with Gasteiger partial charge in [-0.25, -0.2) is 4.98 Å². The molecule has 4 heterocycles. The van der Waals surface area contributed by atoms with E-state index < -0.39 is 12.0 Å². The van der Waals surface area contributed by atoms with Crippen molar-refractivity contribution < 1.29 is 22.5 Å². The summed E-state index contributed by atoms with van der Waals surface area (Å²) in [5.74, 6) is -0.674. The largest absolute Gasteiger partial charge is 0.449 e. The molecular formula is C17H21F3N6O2. The fourth-order valence-electron chi connectivity index (χ4n) is 3.90. The number of likely N-dealkylation sites (tertiary alicyclic amines) is 1. The van der Waals surface area contributed by atoms with Crippen molar-refractivity contribution >= 4 is 11.7 Å². The molecular weight excluding hydrogens is 377 g/mol. The fraction of sp³-hybridized carbons (Fsp3) is 0.588. The first kappa shape index (κ1) is 18.9. The molecule has 2 N–H and O–H groups in total. The Balaban J connectivity index is 1.40. The summed E-state index contributed by atoms with van der Waals surface area (Å²) < 4.78 is 46.0. The van der Waals surface area contributed by atoms with Gasteiger partial charge in [0.15, 0.2) is 5.82 Å². The maximum Gasteiger partial charge on any atom is 0.449 e. The van der Waals surface area contributed by atoms with Crippen LogP contribution < -0.4 is 10.6 Å². The van der Waals surface area contributed by atoms with E-state index >= 15 is 0 Å². The van der Waals surface area contributed by atoms with Gasteiger partial charge in [-0.15, -0.1) is 0 Å². The third-order valence-electron chi connectivity index (χ3n) is 5.21. The van der Waals surface area contributed by atoms with Crippen molar-refractivity contribution in [1.29, 1.82) is 0 Å². The van der Waals surface area contributed by atoms with E-state index in [9.17, 15) is 18.0 Å². The standard InChI is InChI=1S/C17H21F3N6O2/c18-17(19,20)16-23-15(12-9-21-4-7-26(12)16)11-1-5-25(6-2-11)10-14(27)22-13-3-8-28-24-13/h3,8,11,21H,1-2,4-7,9-10H2,(H,22,24,27). The number of alkyl halides is 3. The van der Waals surface area contributed by atoms with Crippen molar-refractivity contribution in [3.8, 4) is 0 Å². The number of carbonyl (C=O) groups is 1. The Kier molecular flexibility index (Phi) is 5.11. The molecule has 0 saturated carbocycles. The molecule has 4 rings (SSSR count). The molecule has 8 nitrogen and oxygen atoms in total. The SMILES string of the molecule is O=C(CN1CCC(c2nc(C(F)(F)F)n3c2CNCC3)CC1)Nc1ccon1. The molecule has 2 aliphatic heterocycles.